The van der Waals surface area contributed by atoms with Crippen molar-refractivity contribution in [1.82, 2.24) is 15.0 Å². The Labute approximate surface area is 167 Å². The Morgan fingerprint density at radius 2 is 1.96 bits per heavy atom. The molecular weight excluding hydrogens is 380 g/mol. The minimum atomic E-state index is -0.0733. The van der Waals surface area contributed by atoms with Crippen molar-refractivity contribution in [3.8, 4) is 0 Å². The molecule has 0 bridgehead atoms. The molecule has 0 aliphatic carbocycles. The van der Waals surface area contributed by atoms with E-state index in [4.69, 9.17) is 10.7 Å². The molecular formula is C19H25N5OS2. The molecule has 1 aromatic carbocycles. The zero-order chi connectivity index (χ0) is 19.4. The summed E-state index contributed by atoms with van der Waals surface area (Å²) in [5, 5.41) is 14.4. The average Bonchev–Trinajstić information content (AvgIpc) is 3.02. The second-order valence-electron chi connectivity index (χ2n) is 6.88. The largest absolute Gasteiger partial charge is 0.394 e. The van der Waals surface area contributed by atoms with Gasteiger partial charge in [-0.25, -0.2) is 15.0 Å². The molecule has 4 N–H and O–H groups in total. The van der Waals surface area contributed by atoms with Crippen LogP contribution in [0.3, 0.4) is 0 Å². The van der Waals surface area contributed by atoms with E-state index in [1.807, 2.05) is 18.2 Å². The topological polar surface area (TPSA) is 97.0 Å². The highest BCUT2D eigenvalue weighted by atomic mass is 32.2. The third-order valence-electron chi connectivity index (χ3n) is 4.12. The predicted molar refractivity (Wildman–Crippen MR) is 114 cm³/mol. The minimum absolute atomic E-state index is 0.0425. The highest BCUT2D eigenvalue weighted by Gasteiger charge is 2.18. The molecule has 0 saturated carbocycles. The van der Waals surface area contributed by atoms with E-state index in [1.165, 1.54) is 16.9 Å². The lowest BCUT2D eigenvalue weighted by Gasteiger charge is -2.19. The molecule has 27 heavy (non-hydrogen) atoms. The first kappa shape index (κ1) is 19.9. The van der Waals surface area contributed by atoms with Crippen LogP contribution in [0.25, 0.3) is 10.3 Å². The molecule has 2 aromatic heterocycles. The van der Waals surface area contributed by atoms with Crippen molar-refractivity contribution >= 4 is 44.4 Å². The Hall–Kier alpha value is -1.90. The van der Waals surface area contributed by atoms with Crippen LogP contribution in [-0.4, -0.2) is 32.7 Å². The van der Waals surface area contributed by atoms with E-state index in [0.717, 1.165) is 11.1 Å². The third-order valence-corrected chi connectivity index (χ3v) is 6.02. The van der Waals surface area contributed by atoms with E-state index in [-0.39, 0.29) is 17.9 Å². The predicted octanol–water partition coefficient (Wildman–Crippen LogP) is 4.34. The number of aliphatic hydroxyl groups is 1. The fourth-order valence-electron chi connectivity index (χ4n) is 2.86. The maximum Gasteiger partial charge on any atom is 0.192 e. The first-order valence-corrected chi connectivity index (χ1v) is 10.7. The van der Waals surface area contributed by atoms with Crippen LogP contribution in [0, 0.1) is 5.92 Å². The number of hydrogen-bond acceptors (Lipinski definition) is 8. The molecule has 2 heterocycles. The summed E-state index contributed by atoms with van der Waals surface area (Å²) in [6.07, 6.45) is 0.846. The number of thioether (sulfide) groups is 1. The van der Waals surface area contributed by atoms with Crippen molar-refractivity contribution < 1.29 is 5.11 Å². The van der Waals surface area contributed by atoms with Crippen molar-refractivity contribution in [3.63, 3.8) is 0 Å². The average molecular weight is 406 g/mol. The monoisotopic (exact) mass is 405 g/mol. The Balaban J connectivity index is 1.90. The van der Waals surface area contributed by atoms with Gasteiger partial charge in [0.25, 0.3) is 0 Å². The van der Waals surface area contributed by atoms with Crippen molar-refractivity contribution in [3.05, 3.63) is 35.9 Å². The van der Waals surface area contributed by atoms with Gasteiger partial charge in [0.2, 0.25) is 0 Å². The lowest BCUT2D eigenvalue weighted by molar-refractivity contribution is 0.259. The van der Waals surface area contributed by atoms with Gasteiger partial charge in [-0.3, -0.25) is 0 Å². The maximum atomic E-state index is 9.73. The Kier molecular flexibility index (Phi) is 6.51. The van der Waals surface area contributed by atoms with Crippen LogP contribution in [0.15, 0.2) is 35.5 Å². The van der Waals surface area contributed by atoms with Gasteiger partial charge in [-0.1, -0.05) is 67.3 Å². The Bertz CT molecular complexity index is 884. The molecule has 2 atom stereocenters. The summed E-state index contributed by atoms with van der Waals surface area (Å²) in [4.78, 5) is 13.6. The summed E-state index contributed by atoms with van der Waals surface area (Å²) < 4.78 is 0.825. The SMILES string of the molecule is CC(C)C[C@H](CO)Nc1nc(S[14C@@H](C)c2ccccc2)nc2nc(N)sc12. The quantitative estimate of drug-likeness (QED) is 0.379. The highest BCUT2D eigenvalue weighted by Crippen LogP contribution is 2.36. The van der Waals surface area contributed by atoms with Crippen LogP contribution in [0.2, 0.25) is 0 Å². The number of rotatable bonds is 8. The van der Waals surface area contributed by atoms with Gasteiger partial charge in [-0.05, 0) is 24.8 Å². The lowest BCUT2D eigenvalue weighted by Crippen LogP contribution is -2.26. The van der Waals surface area contributed by atoms with Crippen LogP contribution in [0.1, 0.15) is 38.0 Å². The number of nitrogen functional groups attached to an aromatic ring is 1. The van der Waals surface area contributed by atoms with Gasteiger partial charge in [0.05, 0.1) is 12.6 Å². The maximum absolute atomic E-state index is 9.73. The molecule has 0 unspecified atom stereocenters. The zero-order valence-electron chi connectivity index (χ0n) is 15.7. The number of aliphatic hydroxyl groups excluding tert-OH is 1. The van der Waals surface area contributed by atoms with Crippen molar-refractivity contribution in [2.45, 2.75) is 43.6 Å². The van der Waals surface area contributed by atoms with E-state index >= 15 is 0 Å². The summed E-state index contributed by atoms with van der Waals surface area (Å²) in [6, 6.07) is 10.2. The molecule has 3 aromatic rings. The van der Waals surface area contributed by atoms with Crippen molar-refractivity contribution in [2.75, 3.05) is 17.7 Å². The van der Waals surface area contributed by atoms with Gasteiger partial charge in [-0.2, -0.15) is 0 Å². The molecule has 0 aliphatic rings. The third kappa shape index (κ3) is 5.09. The van der Waals surface area contributed by atoms with Gasteiger partial charge in [0.15, 0.2) is 21.8 Å². The second-order valence-corrected chi connectivity index (χ2v) is 9.22. The molecule has 144 valence electrons. The van der Waals surface area contributed by atoms with E-state index in [1.54, 1.807) is 11.8 Å². The molecule has 0 spiro atoms. The summed E-state index contributed by atoms with van der Waals surface area (Å²) in [5.41, 5.74) is 7.71. The van der Waals surface area contributed by atoms with Crippen LogP contribution in [-0.2, 0) is 0 Å². The number of fused-ring (bicyclic) bond motifs is 1. The molecule has 0 aliphatic heterocycles. The van der Waals surface area contributed by atoms with Gasteiger partial charge >= 0.3 is 0 Å². The minimum Gasteiger partial charge on any atom is -0.394 e. The number of hydrogen-bond donors (Lipinski definition) is 3. The smallest absolute Gasteiger partial charge is 0.192 e. The van der Waals surface area contributed by atoms with Crippen LogP contribution >= 0.6 is 23.1 Å². The molecule has 0 radical (unpaired) electrons. The summed E-state index contributed by atoms with van der Waals surface area (Å²) >= 11 is 2.94. The normalized spacial score (nSPS) is 13.8. The van der Waals surface area contributed by atoms with Crippen molar-refractivity contribution in [2.24, 2.45) is 5.92 Å². The summed E-state index contributed by atoms with van der Waals surface area (Å²) in [6.45, 7) is 6.44. The molecule has 3 rings (SSSR count). The van der Waals surface area contributed by atoms with Crippen molar-refractivity contribution in [1.29, 1.82) is 0 Å². The highest BCUT2D eigenvalue weighted by molar-refractivity contribution is 7.99. The van der Waals surface area contributed by atoms with Gasteiger partial charge in [0.1, 0.15) is 4.70 Å². The van der Waals surface area contributed by atoms with Gasteiger partial charge in [-0.15, -0.1) is 0 Å². The van der Waals surface area contributed by atoms with Gasteiger partial charge < -0.3 is 16.2 Å². The first-order valence-electron chi connectivity index (χ1n) is 8.99. The van der Waals surface area contributed by atoms with Crippen LogP contribution in [0.4, 0.5) is 10.9 Å². The fourth-order valence-corrected chi connectivity index (χ4v) is 4.48. The van der Waals surface area contributed by atoms with Crippen LogP contribution < -0.4 is 11.1 Å². The number of anilines is 2. The summed E-state index contributed by atoms with van der Waals surface area (Å²) in [7, 11) is 0. The summed E-state index contributed by atoms with van der Waals surface area (Å²) in [5.74, 6) is 1.15. The van der Waals surface area contributed by atoms with E-state index in [9.17, 15) is 5.11 Å². The number of aromatic nitrogens is 3. The van der Waals surface area contributed by atoms with E-state index < -0.39 is 0 Å². The number of nitrogens with two attached hydrogens (primary N) is 1. The number of nitrogens with zero attached hydrogens (tertiary/aromatic N) is 3. The molecule has 0 fully saturated rings. The number of nitrogens with one attached hydrogen (secondary N) is 1. The molecule has 8 heteroatoms. The van der Waals surface area contributed by atoms with E-state index in [2.05, 4.69) is 48.2 Å². The fraction of sp³-hybridized carbons (Fsp3) is 0.421. The lowest BCUT2D eigenvalue weighted by atomic mass is 10.0. The number of benzene rings is 1. The standard InChI is InChI=1S/C19H25N5OS2/c1-11(2)9-14(10-25)21-16-15-17(22-18(20)27-15)24-19(23-16)26-12(3)13-7-5-4-6-8-13/h4-8,11-12,14,25H,9-10H2,1-3H3,(H3,20,21,22,23,24)/t12-,14+/m0/s1/i12+2. The number of thiazole rings is 1. The first-order chi connectivity index (χ1) is 13.0. The molecule has 0 amide bonds. The zero-order valence-corrected chi connectivity index (χ0v) is 17.3. The Morgan fingerprint density at radius 1 is 1.22 bits per heavy atom. The second kappa shape index (κ2) is 8.86. The Morgan fingerprint density at radius 3 is 2.63 bits per heavy atom. The van der Waals surface area contributed by atoms with Crippen LogP contribution in [0.5, 0.6) is 0 Å². The molecule has 0 saturated heterocycles. The van der Waals surface area contributed by atoms with E-state index in [0.29, 0.717) is 27.7 Å². The van der Waals surface area contributed by atoms with Gasteiger partial charge in [0, 0.05) is 5.25 Å². The molecule has 6 nitrogen and oxygen atoms in total.